The summed E-state index contributed by atoms with van der Waals surface area (Å²) in [6.07, 6.45) is 1.06. The van der Waals surface area contributed by atoms with Gasteiger partial charge in [0.1, 0.15) is 0 Å². The molecule has 0 aromatic rings. The van der Waals surface area contributed by atoms with E-state index < -0.39 is 0 Å². The van der Waals surface area contributed by atoms with E-state index in [1.165, 1.54) is 0 Å². The zero-order valence-electron chi connectivity index (χ0n) is 11.8. The first-order chi connectivity index (χ1) is 7.23. The molecule has 0 rings (SSSR count). The molecule has 3 atom stereocenters. The Bertz CT molecular complexity index is 183. The maximum absolute atomic E-state index is 5.73. The van der Waals surface area contributed by atoms with Crippen molar-refractivity contribution in [1.82, 2.24) is 10.6 Å². The predicted molar refractivity (Wildman–Crippen MR) is 71.5 cm³/mol. The summed E-state index contributed by atoms with van der Waals surface area (Å²) in [5.74, 6) is 0. The second-order valence-electron chi connectivity index (χ2n) is 5.73. The fourth-order valence-corrected chi connectivity index (χ4v) is 1.73. The van der Waals surface area contributed by atoms with Gasteiger partial charge in [-0.05, 0) is 41.0 Å². The topological polar surface area (TPSA) is 76.1 Å². The number of nitrogens with two attached hydrogens (primary N) is 2. The van der Waals surface area contributed by atoms with Crippen LogP contribution < -0.4 is 22.1 Å². The van der Waals surface area contributed by atoms with Crippen molar-refractivity contribution in [3.05, 3.63) is 0 Å². The van der Waals surface area contributed by atoms with E-state index in [9.17, 15) is 0 Å². The number of hydrogen-bond donors (Lipinski definition) is 4. The van der Waals surface area contributed by atoms with E-state index in [0.717, 1.165) is 19.5 Å². The van der Waals surface area contributed by atoms with Crippen LogP contribution in [0.4, 0.5) is 0 Å². The van der Waals surface area contributed by atoms with Crippen molar-refractivity contribution in [2.24, 2.45) is 11.5 Å². The Hall–Kier alpha value is 0.334. The smallest absolute Gasteiger partial charge is 0.327 e. The Balaban J connectivity index is 0. The monoisotopic (exact) mass is 288 g/mol. The number of nitrogens with one attached hydrogen (secondary N) is 2. The van der Waals surface area contributed by atoms with Gasteiger partial charge in [0, 0.05) is 36.8 Å². The van der Waals surface area contributed by atoms with Gasteiger partial charge in [0.25, 0.3) is 0 Å². The van der Waals surface area contributed by atoms with Crippen LogP contribution in [-0.4, -0.2) is 36.8 Å². The summed E-state index contributed by atoms with van der Waals surface area (Å²) in [5, 5.41) is 6.91. The van der Waals surface area contributed by atoms with E-state index in [1.807, 2.05) is 13.8 Å². The SMILES string of the molecule is CC(N)CNC(C)CC(C)(C)NCC(C)N.[Ni+2]. The third kappa shape index (κ3) is 12.6. The summed E-state index contributed by atoms with van der Waals surface area (Å²) in [4.78, 5) is 0. The molecule has 0 bridgehead atoms. The first-order valence-electron chi connectivity index (χ1n) is 6.22. The molecule has 0 fully saturated rings. The van der Waals surface area contributed by atoms with Crippen LogP contribution in [-0.2, 0) is 16.5 Å². The van der Waals surface area contributed by atoms with Crippen LogP contribution in [0.25, 0.3) is 0 Å². The van der Waals surface area contributed by atoms with E-state index in [2.05, 4.69) is 31.4 Å². The number of rotatable bonds is 8. The molecule has 0 spiro atoms. The maximum atomic E-state index is 5.73. The van der Waals surface area contributed by atoms with Crippen molar-refractivity contribution < 1.29 is 16.5 Å². The van der Waals surface area contributed by atoms with Crippen LogP contribution in [0.15, 0.2) is 0 Å². The van der Waals surface area contributed by atoms with Crippen molar-refractivity contribution >= 4 is 0 Å². The van der Waals surface area contributed by atoms with Crippen molar-refractivity contribution in [1.29, 1.82) is 0 Å². The molecule has 106 valence electrons. The summed E-state index contributed by atoms with van der Waals surface area (Å²) in [7, 11) is 0. The minimum Gasteiger partial charge on any atom is -0.327 e. The Labute approximate surface area is 117 Å². The van der Waals surface area contributed by atoms with Crippen LogP contribution in [0.2, 0.25) is 0 Å². The summed E-state index contributed by atoms with van der Waals surface area (Å²) in [5.41, 5.74) is 11.6. The molecule has 6 N–H and O–H groups in total. The van der Waals surface area contributed by atoms with Gasteiger partial charge in [0.05, 0.1) is 0 Å². The van der Waals surface area contributed by atoms with Gasteiger partial charge >= 0.3 is 16.5 Å². The molecule has 0 amide bonds. The van der Waals surface area contributed by atoms with Crippen LogP contribution >= 0.6 is 0 Å². The molecule has 0 aliphatic rings. The minimum atomic E-state index is 0. The second-order valence-corrected chi connectivity index (χ2v) is 5.73. The van der Waals surface area contributed by atoms with Gasteiger partial charge in [0.15, 0.2) is 0 Å². The Morgan fingerprint density at radius 1 is 1.00 bits per heavy atom. The van der Waals surface area contributed by atoms with E-state index in [0.29, 0.717) is 6.04 Å². The molecule has 0 aromatic heterocycles. The quantitative estimate of drug-likeness (QED) is 0.488. The molecule has 0 aromatic carbocycles. The van der Waals surface area contributed by atoms with E-state index in [1.54, 1.807) is 0 Å². The molecular formula is C12H30N4Ni+2. The second kappa shape index (κ2) is 9.29. The zero-order chi connectivity index (χ0) is 12.8. The third-order valence-corrected chi connectivity index (χ3v) is 2.51. The first kappa shape index (κ1) is 19.7. The van der Waals surface area contributed by atoms with Gasteiger partial charge < -0.3 is 22.1 Å². The van der Waals surface area contributed by atoms with Crippen molar-refractivity contribution in [2.75, 3.05) is 13.1 Å². The molecule has 5 heteroatoms. The molecule has 0 aliphatic heterocycles. The summed E-state index contributed by atoms with van der Waals surface area (Å²) >= 11 is 0. The summed E-state index contributed by atoms with van der Waals surface area (Å²) in [6, 6.07) is 0.871. The average molecular weight is 289 g/mol. The Morgan fingerprint density at radius 2 is 1.47 bits per heavy atom. The average Bonchev–Trinajstić information content (AvgIpc) is 2.11. The van der Waals surface area contributed by atoms with E-state index >= 15 is 0 Å². The summed E-state index contributed by atoms with van der Waals surface area (Å²) < 4.78 is 0. The van der Waals surface area contributed by atoms with Gasteiger partial charge in [-0.1, -0.05) is 0 Å². The van der Waals surface area contributed by atoms with E-state index in [4.69, 9.17) is 11.5 Å². The van der Waals surface area contributed by atoms with Crippen molar-refractivity contribution in [3.8, 4) is 0 Å². The first-order valence-corrected chi connectivity index (χ1v) is 6.22. The minimum absolute atomic E-state index is 0. The molecular weight excluding hydrogens is 259 g/mol. The van der Waals surface area contributed by atoms with Gasteiger partial charge in [-0.3, -0.25) is 0 Å². The maximum Gasteiger partial charge on any atom is 2.00 e. The van der Waals surface area contributed by atoms with Crippen LogP contribution in [0.3, 0.4) is 0 Å². The molecule has 0 radical (unpaired) electrons. The molecule has 0 aliphatic carbocycles. The number of hydrogen-bond acceptors (Lipinski definition) is 4. The Morgan fingerprint density at radius 3 is 1.88 bits per heavy atom. The van der Waals surface area contributed by atoms with Crippen LogP contribution in [0.5, 0.6) is 0 Å². The van der Waals surface area contributed by atoms with E-state index in [-0.39, 0.29) is 34.1 Å². The fraction of sp³-hybridized carbons (Fsp3) is 1.00. The van der Waals surface area contributed by atoms with Gasteiger partial charge in [-0.15, -0.1) is 0 Å². The standard InChI is InChI=1S/C12H30N4.Ni/c1-9(13)7-15-11(3)6-12(4,5)16-8-10(2)14;/h9-11,15-16H,6-8,13-14H2,1-5H3;/q;+2. The van der Waals surface area contributed by atoms with Crippen molar-refractivity contribution in [3.63, 3.8) is 0 Å². The zero-order valence-corrected chi connectivity index (χ0v) is 12.8. The molecule has 3 unspecified atom stereocenters. The normalized spacial score (nSPS) is 17.1. The molecule has 17 heavy (non-hydrogen) atoms. The van der Waals surface area contributed by atoms with Crippen LogP contribution in [0.1, 0.15) is 41.0 Å². The third-order valence-electron chi connectivity index (χ3n) is 2.51. The Kier molecular flexibility index (Phi) is 10.7. The molecule has 0 saturated carbocycles. The molecule has 0 heterocycles. The van der Waals surface area contributed by atoms with Crippen molar-refractivity contribution in [2.45, 2.75) is 64.7 Å². The molecule has 4 nitrogen and oxygen atoms in total. The van der Waals surface area contributed by atoms with Gasteiger partial charge in [-0.25, -0.2) is 0 Å². The molecule has 0 saturated heterocycles. The van der Waals surface area contributed by atoms with Crippen LogP contribution in [0, 0.1) is 0 Å². The van der Waals surface area contributed by atoms with Gasteiger partial charge in [-0.2, -0.15) is 0 Å². The van der Waals surface area contributed by atoms with Gasteiger partial charge in [0.2, 0.25) is 0 Å². The largest absolute Gasteiger partial charge is 2.00 e. The summed E-state index contributed by atoms with van der Waals surface area (Å²) in [6.45, 7) is 12.4. The predicted octanol–water partition coefficient (Wildman–Crippen LogP) is 0.415. The fourth-order valence-electron chi connectivity index (χ4n) is 1.73.